The molecule has 1 aliphatic rings. The molecule has 0 spiro atoms. The molecule has 1 heterocycles. The lowest BCUT2D eigenvalue weighted by molar-refractivity contribution is -0.137. The van der Waals surface area contributed by atoms with Crippen LogP contribution < -0.4 is 0 Å². The maximum Gasteiger partial charge on any atom is 0.416 e. The number of nitrogens with zero attached hydrogens (tertiary/aromatic N) is 1. The maximum absolute atomic E-state index is 12.9. The van der Waals surface area contributed by atoms with Crippen LogP contribution in [-0.2, 0) is 10.9 Å². The second kappa shape index (κ2) is 7.76. The Hall–Kier alpha value is -1.28. The van der Waals surface area contributed by atoms with Crippen LogP contribution in [0.2, 0.25) is 0 Å². The van der Waals surface area contributed by atoms with Crippen molar-refractivity contribution in [2.75, 3.05) is 19.7 Å². The minimum atomic E-state index is -4.41. The highest BCUT2D eigenvalue weighted by Crippen LogP contribution is 2.40. The van der Waals surface area contributed by atoms with Gasteiger partial charge in [0.2, 0.25) is 0 Å². The van der Waals surface area contributed by atoms with Gasteiger partial charge in [-0.2, -0.15) is 13.2 Å². The molecule has 1 fully saturated rings. The molecule has 1 aromatic rings. The van der Waals surface area contributed by atoms with Crippen LogP contribution >= 0.6 is 15.9 Å². The second-order valence-corrected chi connectivity index (χ2v) is 8.35. The predicted octanol–water partition coefficient (Wildman–Crippen LogP) is 4.80. The molecule has 0 aromatic heterocycles. The Labute approximate surface area is 159 Å². The summed E-state index contributed by atoms with van der Waals surface area (Å²) in [5.41, 5.74) is -0.660. The van der Waals surface area contributed by atoms with Gasteiger partial charge in [-0.1, -0.05) is 22.0 Å². The number of likely N-dealkylation sites (tertiary alicyclic amines) is 1. The van der Waals surface area contributed by atoms with E-state index in [1.807, 2.05) is 0 Å². The van der Waals surface area contributed by atoms with Crippen LogP contribution in [0.1, 0.15) is 44.2 Å². The minimum Gasteiger partial charge on any atom is -0.444 e. The van der Waals surface area contributed by atoms with E-state index in [-0.39, 0.29) is 18.4 Å². The quantitative estimate of drug-likeness (QED) is 0.738. The lowest BCUT2D eigenvalue weighted by Gasteiger charge is -2.24. The predicted molar refractivity (Wildman–Crippen MR) is 94.9 cm³/mol. The Morgan fingerprint density at radius 2 is 1.96 bits per heavy atom. The summed E-state index contributed by atoms with van der Waals surface area (Å²) in [6.45, 7) is 6.00. The van der Waals surface area contributed by atoms with Crippen molar-refractivity contribution in [3.05, 3.63) is 33.8 Å². The molecular formula is C18H23BrF3NO3. The molecule has 0 aliphatic carbocycles. The molecule has 1 aliphatic heterocycles. The molecule has 4 nitrogen and oxygen atoms in total. The monoisotopic (exact) mass is 437 g/mol. The van der Waals surface area contributed by atoms with Gasteiger partial charge < -0.3 is 14.7 Å². The molecule has 1 N–H and O–H groups in total. The van der Waals surface area contributed by atoms with Gasteiger partial charge in [-0.25, -0.2) is 4.79 Å². The normalized spacial score (nSPS) is 21.2. The second-order valence-electron chi connectivity index (χ2n) is 7.50. The fourth-order valence-corrected chi connectivity index (χ4v) is 3.83. The molecule has 1 amide bonds. The number of ether oxygens (including phenoxy) is 1. The van der Waals surface area contributed by atoms with E-state index in [0.717, 1.165) is 12.1 Å². The van der Waals surface area contributed by atoms with Gasteiger partial charge in [-0.15, -0.1) is 0 Å². The average molecular weight is 438 g/mol. The molecule has 8 heteroatoms. The molecule has 0 unspecified atom stereocenters. The molecule has 146 valence electrons. The fraction of sp³-hybridized carbons (Fsp3) is 0.611. The summed E-state index contributed by atoms with van der Waals surface area (Å²) in [5, 5.41) is 9.33. The summed E-state index contributed by atoms with van der Waals surface area (Å²) in [5.74, 6) is -0.230. The van der Waals surface area contributed by atoms with E-state index in [1.165, 1.54) is 6.07 Å². The van der Waals surface area contributed by atoms with Crippen LogP contribution in [0.15, 0.2) is 22.7 Å². The van der Waals surface area contributed by atoms with Crippen LogP contribution in [0.4, 0.5) is 18.0 Å². The first-order valence-electron chi connectivity index (χ1n) is 8.38. The molecule has 0 radical (unpaired) electrons. The third kappa shape index (κ3) is 5.13. The number of carbonyl (C=O) groups is 1. The van der Waals surface area contributed by atoms with E-state index >= 15 is 0 Å². The Balaban J connectivity index is 2.25. The Kier molecular flexibility index (Phi) is 6.28. The number of halogens is 4. The van der Waals surface area contributed by atoms with Gasteiger partial charge in [0.15, 0.2) is 0 Å². The first kappa shape index (κ1) is 21.0. The van der Waals surface area contributed by atoms with Crippen molar-refractivity contribution in [3.63, 3.8) is 0 Å². The number of rotatable bonds is 3. The SMILES string of the molecule is CC(C)(C)OC(=O)N1C[C@H](CCO)[C@@H](c2ccc(C(F)(F)F)cc2Br)C1. The topological polar surface area (TPSA) is 49.8 Å². The third-order valence-electron chi connectivity index (χ3n) is 4.32. The number of hydrogen-bond donors (Lipinski definition) is 1. The zero-order chi connectivity index (χ0) is 19.7. The molecule has 1 aromatic carbocycles. The lowest BCUT2D eigenvalue weighted by atomic mass is 9.86. The summed E-state index contributed by atoms with van der Waals surface area (Å²) in [6, 6.07) is 3.55. The van der Waals surface area contributed by atoms with E-state index in [1.54, 1.807) is 25.7 Å². The fourth-order valence-electron chi connectivity index (χ4n) is 3.16. The molecule has 0 saturated carbocycles. The molecule has 1 saturated heterocycles. The molecule has 26 heavy (non-hydrogen) atoms. The van der Waals surface area contributed by atoms with Gasteiger partial charge in [0.25, 0.3) is 0 Å². The zero-order valence-corrected chi connectivity index (χ0v) is 16.5. The van der Waals surface area contributed by atoms with E-state index in [2.05, 4.69) is 15.9 Å². The summed E-state index contributed by atoms with van der Waals surface area (Å²) in [4.78, 5) is 13.9. The van der Waals surface area contributed by atoms with E-state index in [9.17, 15) is 23.1 Å². The average Bonchev–Trinajstić information content (AvgIpc) is 2.89. The Morgan fingerprint density at radius 3 is 2.46 bits per heavy atom. The van der Waals surface area contributed by atoms with Crippen molar-refractivity contribution in [1.82, 2.24) is 4.90 Å². The van der Waals surface area contributed by atoms with Crippen molar-refractivity contribution < 1.29 is 27.8 Å². The zero-order valence-electron chi connectivity index (χ0n) is 14.9. The smallest absolute Gasteiger partial charge is 0.416 e. The summed E-state index contributed by atoms with van der Waals surface area (Å²) >= 11 is 3.24. The summed E-state index contributed by atoms with van der Waals surface area (Å²) in [7, 11) is 0. The van der Waals surface area contributed by atoms with Crippen molar-refractivity contribution in [2.45, 2.75) is 44.9 Å². The van der Waals surface area contributed by atoms with E-state index < -0.39 is 23.4 Å². The number of hydrogen-bond acceptors (Lipinski definition) is 3. The molecule has 0 bridgehead atoms. The summed E-state index contributed by atoms with van der Waals surface area (Å²) in [6.07, 6.45) is -4.41. The maximum atomic E-state index is 12.9. The van der Waals surface area contributed by atoms with Crippen LogP contribution in [-0.4, -0.2) is 41.4 Å². The highest BCUT2D eigenvalue weighted by molar-refractivity contribution is 9.10. The van der Waals surface area contributed by atoms with E-state index in [0.29, 0.717) is 29.5 Å². The highest BCUT2D eigenvalue weighted by atomic mass is 79.9. The number of carbonyl (C=O) groups excluding carboxylic acids is 1. The van der Waals surface area contributed by atoms with E-state index in [4.69, 9.17) is 4.74 Å². The molecular weight excluding hydrogens is 415 g/mol. The minimum absolute atomic E-state index is 0.0540. The number of amides is 1. The summed E-state index contributed by atoms with van der Waals surface area (Å²) < 4.78 is 44.4. The molecule has 2 rings (SSSR count). The number of alkyl halides is 3. The van der Waals surface area contributed by atoms with Crippen LogP contribution in [0.25, 0.3) is 0 Å². The van der Waals surface area contributed by atoms with Crippen molar-refractivity contribution in [3.8, 4) is 0 Å². The lowest BCUT2D eigenvalue weighted by Crippen LogP contribution is -2.35. The first-order chi connectivity index (χ1) is 11.9. The Bertz CT molecular complexity index is 658. The number of aliphatic hydroxyl groups is 1. The largest absolute Gasteiger partial charge is 0.444 e. The third-order valence-corrected chi connectivity index (χ3v) is 5.01. The van der Waals surface area contributed by atoms with Crippen LogP contribution in [0.3, 0.4) is 0 Å². The van der Waals surface area contributed by atoms with Gasteiger partial charge in [0.05, 0.1) is 5.56 Å². The Morgan fingerprint density at radius 1 is 1.31 bits per heavy atom. The van der Waals surface area contributed by atoms with Gasteiger partial charge in [-0.3, -0.25) is 0 Å². The van der Waals surface area contributed by atoms with Crippen LogP contribution in [0, 0.1) is 5.92 Å². The van der Waals surface area contributed by atoms with Crippen molar-refractivity contribution in [1.29, 1.82) is 0 Å². The van der Waals surface area contributed by atoms with Gasteiger partial charge in [-0.05, 0) is 50.8 Å². The van der Waals surface area contributed by atoms with Crippen molar-refractivity contribution >= 4 is 22.0 Å². The standard InChI is InChI=1S/C18H23BrF3NO3/c1-17(2,3)26-16(25)23-9-11(6-7-24)14(10-23)13-5-4-12(8-15(13)19)18(20,21)22/h4-5,8,11,14,24H,6-7,9-10H2,1-3H3/t11-,14-/m0/s1. The van der Waals surface area contributed by atoms with Crippen molar-refractivity contribution in [2.24, 2.45) is 5.92 Å². The van der Waals surface area contributed by atoms with Gasteiger partial charge >= 0.3 is 12.3 Å². The van der Waals surface area contributed by atoms with Gasteiger partial charge in [0, 0.05) is 30.1 Å². The highest BCUT2D eigenvalue weighted by Gasteiger charge is 2.39. The molecule has 2 atom stereocenters. The van der Waals surface area contributed by atoms with Crippen LogP contribution in [0.5, 0.6) is 0 Å². The number of aliphatic hydroxyl groups excluding tert-OH is 1. The number of benzene rings is 1. The van der Waals surface area contributed by atoms with Gasteiger partial charge in [0.1, 0.15) is 5.60 Å². The first-order valence-corrected chi connectivity index (χ1v) is 9.17.